The summed E-state index contributed by atoms with van der Waals surface area (Å²) in [5.41, 5.74) is 7.84. The van der Waals surface area contributed by atoms with Gasteiger partial charge in [0.2, 0.25) is 5.91 Å². The van der Waals surface area contributed by atoms with Crippen LogP contribution in [0.5, 0.6) is 0 Å². The molecule has 2 aromatic rings. The molecule has 1 heterocycles. The summed E-state index contributed by atoms with van der Waals surface area (Å²) in [6, 6.07) is 8.13. The van der Waals surface area contributed by atoms with E-state index >= 15 is 0 Å². The van der Waals surface area contributed by atoms with Gasteiger partial charge in [-0.25, -0.2) is 4.98 Å². The maximum absolute atomic E-state index is 12.0. The first-order valence-corrected chi connectivity index (χ1v) is 7.19. The van der Waals surface area contributed by atoms with Crippen molar-refractivity contribution in [1.29, 1.82) is 0 Å². The van der Waals surface area contributed by atoms with Crippen LogP contribution in [0.2, 0.25) is 0 Å². The Balaban J connectivity index is 1.51. The fraction of sp³-hybridized carbons (Fsp3) is 0.467. The highest BCUT2D eigenvalue weighted by molar-refractivity contribution is 5.79. The molecule has 4 N–H and O–H groups in total. The Morgan fingerprint density at radius 2 is 2.25 bits per heavy atom. The van der Waals surface area contributed by atoms with Crippen molar-refractivity contribution in [3.8, 4) is 0 Å². The lowest BCUT2D eigenvalue weighted by Gasteiger charge is -2.09. The molecule has 0 bridgehead atoms. The minimum Gasteiger partial charge on any atom is -0.355 e. The topological polar surface area (TPSA) is 83.8 Å². The number of rotatable bonds is 4. The average molecular weight is 272 g/mol. The summed E-state index contributed by atoms with van der Waals surface area (Å²) in [4.78, 5) is 19.7. The maximum atomic E-state index is 12.0. The van der Waals surface area contributed by atoms with Gasteiger partial charge in [-0.3, -0.25) is 4.79 Å². The van der Waals surface area contributed by atoms with Gasteiger partial charge in [0.05, 0.1) is 11.0 Å². The molecule has 2 unspecified atom stereocenters. The number of hydrogen-bond acceptors (Lipinski definition) is 3. The van der Waals surface area contributed by atoms with Gasteiger partial charge in [0.1, 0.15) is 5.82 Å². The number of aromatic amines is 1. The van der Waals surface area contributed by atoms with Crippen LogP contribution >= 0.6 is 0 Å². The smallest absolute Gasteiger partial charge is 0.223 e. The van der Waals surface area contributed by atoms with Crippen LogP contribution in [-0.4, -0.2) is 28.5 Å². The number of carbonyl (C=O) groups excluding carboxylic acids is 1. The molecule has 3 rings (SSSR count). The van der Waals surface area contributed by atoms with Crippen molar-refractivity contribution in [1.82, 2.24) is 15.3 Å². The third-order valence-corrected chi connectivity index (χ3v) is 3.94. The number of nitrogens with one attached hydrogen (secondary N) is 2. The van der Waals surface area contributed by atoms with Crippen molar-refractivity contribution in [2.24, 2.45) is 11.7 Å². The van der Waals surface area contributed by atoms with Crippen LogP contribution in [0.15, 0.2) is 24.3 Å². The zero-order chi connectivity index (χ0) is 13.9. The highest BCUT2D eigenvalue weighted by atomic mass is 16.1. The Hall–Kier alpha value is -1.88. The lowest BCUT2D eigenvalue weighted by molar-refractivity contribution is -0.124. The Morgan fingerprint density at radius 1 is 1.40 bits per heavy atom. The minimum absolute atomic E-state index is 0.0978. The SMILES string of the molecule is NC1CCC(C(=O)NCCc2nc3ccccc3[nH]2)C1. The fourth-order valence-electron chi connectivity index (χ4n) is 2.83. The number of para-hydroxylation sites is 2. The Bertz CT molecular complexity index is 574. The van der Waals surface area contributed by atoms with Gasteiger partial charge in [0.15, 0.2) is 0 Å². The second kappa shape index (κ2) is 5.63. The van der Waals surface area contributed by atoms with Crippen molar-refractivity contribution in [3.05, 3.63) is 30.1 Å². The number of benzene rings is 1. The Kier molecular flexibility index (Phi) is 3.69. The number of nitrogens with two attached hydrogens (primary N) is 1. The van der Waals surface area contributed by atoms with Crippen molar-refractivity contribution in [3.63, 3.8) is 0 Å². The molecule has 1 amide bonds. The molecule has 1 aromatic heterocycles. The molecule has 1 saturated carbocycles. The van der Waals surface area contributed by atoms with Crippen LogP contribution < -0.4 is 11.1 Å². The Labute approximate surface area is 118 Å². The molecule has 0 saturated heterocycles. The fourth-order valence-corrected chi connectivity index (χ4v) is 2.83. The molecule has 2 atom stereocenters. The van der Waals surface area contributed by atoms with E-state index in [1.54, 1.807) is 0 Å². The summed E-state index contributed by atoms with van der Waals surface area (Å²) < 4.78 is 0. The summed E-state index contributed by atoms with van der Waals surface area (Å²) >= 11 is 0. The van der Waals surface area contributed by atoms with Gasteiger partial charge < -0.3 is 16.0 Å². The van der Waals surface area contributed by atoms with E-state index in [0.29, 0.717) is 6.54 Å². The number of aromatic nitrogens is 2. The first-order chi connectivity index (χ1) is 9.72. The molecule has 106 valence electrons. The van der Waals surface area contributed by atoms with Gasteiger partial charge in [-0.1, -0.05) is 12.1 Å². The normalized spacial score (nSPS) is 22.2. The van der Waals surface area contributed by atoms with E-state index in [2.05, 4.69) is 15.3 Å². The zero-order valence-corrected chi connectivity index (χ0v) is 11.4. The van der Waals surface area contributed by atoms with Crippen molar-refractivity contribution >= 4 is 16.9 Å². The van der Waals surface area contributed by atoms with Crippen LogP contribution in [0.4, 0.5) is 0 Å². The van der Waals surface area contributed by atoms with Crippen LogP contribution in [0, 0.1) is 5.92 Å². The lowest BCUT2D eigenvalue weighted by atomic mass is 10.1. The monoisotopic (exact) mass is 272 g/mol. The van der Waals surface area contributed by atoms with Gasteiger partial charge in [-0.05, 0) is 31.4 Å². The number of imidazole rings is 1. The van der Waals surface area contributed by atoms with Gasteiger partial charge >= 0.3 is 0 Å². The van der Waals surface area contributed by atoms with Gasteiger partial charge in [-0.2, -0.15) is 0 Å². The van der Waals surface area contributed by atoms with Gasteiger partial charge in [0, 0.05) is 24.9 Å². The summed E-state index contributed by atoms with van der Waals surface area (Å²) in [6.45, 7) is 0.615. The molecule has 5 nitrogen and oxygen atoms in total. The second-order valence-corrected chi connectivity index (χ2v) is 5.51. The van der Waals surface area contributed by atoms with E-state index in [0.717, 1.165) is 42.5 Å². The van der Waals surface area contributed by atoms with E-state index in [4.69, 9.17) is 5.73 Å². The highest BCUT2D eigenvalue weighted by Crippen LogP contribution is 2.23. The summed E-state index contributed by atoms with van der Waals surface area (Å²) in [7, 11) is 0. The van der Waals surface area contributed by atoms with Crippen molar-refractivity contribution in [2.75, 3.05) is 6.54 Å². The van der Waals surface area contributed by atoms with Crippen LogP contribution in [-0.2, 0) is 11.2 Å². The molecule has 5 heteroatoms. The van der Waals surface area contributed by atoms with E-state index in [1.165, 1.54) is 0 Å². The summed E-state index contributed by atoms with van der Waals surface area (Å²) in [5.74, 6) is 1.14. The van der Waals surface area contributed by atoms with Gasteiger partial charge in [0.25, 0.3) is 0 Å². The van der Waals surface area contributed by atoms with Gasteiger partial charge in [-0.15, -0.1) is 0 Å². The maximum Gasteiger partial charge on any atom is 0.223 e. The number of hydrogen-bond donors (Lipinski definition) is 3. The Morgan fingerprint density at radius 3 is 3.00 bits per heavy atom. The third kappa shape index (κ3) is 2.82. The summed E-state index contributed by atoms with van der Waals surface area (Å²) in [6.07, 6.45) is 3.41. The number of fused-ring (bicyclic) bond motifs is 1. The molecule has 0 radical (unpaired) electrons. The van der Waals surface area contributed by atoms with E-state index in [9.17, 15) is 4.79 Å². The number of nitrogens with zero attached hydrogens (tertiary/aromatic N) is 1. The molecule has 1 aromatic carbocycles. The molecule has 1 fully saturated rings. The first kappa shape index (κ1) is 13.1. The average Bonchev–Trinajstić information content (AvgIpc) is 3.04. The third-order valence-electron chi connectivity index (χ3n) is 3.94. The quantitative estimate of drug-likeness (QED) is 0.785. The van der Waals surface area contributed by atoms with Crippen molar-refractivity contribution in [2.45, 2.75) is 31.7 Å². The van der Waals surface area contributed by atoms with Crippen molar-refractivity contribution < 1.29 is 4.79 Å². The predicted molar refractivity (Wildman–Crippen MR) is 78.1 cm³/mol. The number of H-pyrrole nitrogens is 1. The van der Waals surface area contributed by atoms with E-state index in [1.807, 2.05) is 24.3 Å². The predicted octanol–water partition coefficient (Wildman–Crippen LogP) is 1.35. The molecular formula is C15H20N4O. The summed E-state index contributed by atoms with van der Waals surface area (Å²) in [5, 5.41) is 2.98. The molecule has 0 aliphatic heterocycles. The van der Waals surface area contributed by atoms with Crippen LogP contribution in [0.25, 0.3) is 11.0 Å². The van der Waals surface area contributed by atoms with E-state index in [-0.39, 0.29) is 17.9 Å². The number of carbonyl (C=O) groups is 1. The zero-order valence-electron chi connectivity index (χ0n) is 11.4. The first-order valence-electron chi connectivity index (χ1n) is 7.19. The molecular weight excluding hydrogens is 252 g/mol. The minimum atomic E-state index is 0.0978. The lowest BCUT2D eigenvalue weighted by Crippen LogP contribution is -2.32. The second-order valence-electron chi connectivity index (χ2n) is 5.51. The van der Waals surface area contributed by atoms with Crippen LogP contribution in [0.1, 0.15) is 25.1 Å². The van der Waals surface area contributed by atoms with Crippen LogP contribution in [0.3, 0.4) is 0 Å². The van der Waals surface area contributed by atoms with E-state index < -0.39 is 0 Å². The highest BCUT2D eigenvalue weighted by Gasteiger charge is 2.27. The number of amides is 1. The molecule has 1 aliphatic rings. The standard InChI is InChI=1S/C15H20N4O/c16-11-6-5-10(9-11)15(20)17-8-7-14-18-12-3-1-2-4-13(12)19-14/h1-4,10-11H,5-9,16H2,(H,17,20)(H,18,19). The molecule has 20 heavy (non-hydrogen) atoms. The molecule has 0 spiro atoms. The largest absolute Gasteiger partial charge is 0.355 e. The molecule has 1 aliphatic carbocycles.